The zero-order chi connectivity index (χ0) is 14.9. The van der Waals surface area contributed by atoms with E-state index < -0.39 is 11.7 Å². The van der Waals surface area contributed by atoms with Crippen molar-refractivity contribution in [2.45, 2.75) is 13.8 Å². The lowest BCUT2D eigenvalue weighted by Gasteiger charge is -2.12. The van der Waals surface area contributed by atoms with Gasteiger partial charge in [0, 0.05) is 4.47 Å². The molecule has 0 fully saturated rings. The minimum Gasteiger partial charge on any atom is -0.321 e. The second kappa shape index (κ2) is 6.06. The van der Waals surface area contributed by atoms with Crippen molar-refractivity contribution >= 4 is 43.5 Å². The van der Waals surface area contributed by atoms with Crippen LogP contribution in [-0.2, 0) is 0 Å². The number of anilines is 1. The maximum atomic E-state index is 13.9. The van der Waals surface area contributed by atoms with Crippen molar-refractivity contribution < 1.29 is 9.18 Å². The van der Waals surface area contributed by atoms with Crippen LogP contribution in [0, 0.1) is 19.7 Å². The van der Waals surface area contributed by atoms with E-state index in [-0.39, 0.29) is 10.0 Å². The Labute approximate surface area is 133 Å². The van der Waals surface area contributed by atoms with Gasteiger partial charge >= 0.3 is 0 Å². The minimum atomic E-state index is -0.564. The Bertz CT molecular complexity index is 663. The van der Waals surface area contributed by atoms with Crippen molar-refractivity contribution in [3.8, 4) is 0 Å². The normalized spacial score (nSPS) is 10.4. The van der Waals surface area contributed by atoms with Gasteiger partial charge in [0.1, 0.15) is 5.82 Å². The zero-order valence-corrected chi connectivity index (χ0v) is 14.1. The van der Waals surface area contributed by atoms with E-state index in [9.17, 15) is 9.18 Å². The maximum absolute atomic E-state index is 13.9. The van der Waals surface area contributed by atoms with Gasteiger partial charge in [-0.1, -0.05) is 12.1 Å². The fourth-order valence-electron chi connectivity index (χ4n) is 1.93. The number of hydrogen-bond acceptors (Lipinski definition) is 1. The van der Waals surface area contributed by atoms with Crippen molar-refractivity contribution in [2.75, 3.05) is 5.32 Å². The molecule has 2 aromatic carbocycles. The minimum absolute atomic E-state index is 0.00579. The molecule has 0 spiro atoms. The molecule has 0 heterocycles. The summed E-state index contributed by atoms with van der Waals surface area (Å²) in [4.78, 5) is 12.2. The highest BCUT2D eigenvalue weighted by molar-refractivity contribution is 9.10. The van der Waals surface area contributed by atoms with Gasteiger partial charge in [0.2, 0.25) is 0 Å². The van der Waals surface area contributed by atoms with Crippen molar-refractivity contribution in [1.82, 2.24) is 0 Å². The lowest BCUT2D eigenvalue weighted by Crippen LogP contribution is -2.15. The highest BCUT2D eigenvalue weighted by Crippen LogP contribution is 2.29. The molecular formula is C15H12Br2FNO. The van der Waals surface area contributed by atoms with Gasteiger partial charge in [0.25, 0.3) is 5.91 Å². The molecule has 104 valence electrons. The summed E-state index contributed by atoms with van der Waals surface area (Å²) in [5.74, 6) is -1.04. The first-order valence-electron chi connectivity index (χ1n) is 5.92. The average Bonchev–Trinajstić information content (AvgIpc) is 2.36. The van der Waals surface area contributed by atoms with Gasteiger partial charge in [-0.05, 0) is 75.0 Å². The first-order valence-corrected chi connectivity index (χ1v) is 7.51. The monoisotopic (exact) mass is 399 g/mol. The predicted molar refractivity (Wildman–Crippen MR) is 85.7 cm³/mol. The predicted octanol–water partition coefficient (Wildman–Crippen LogP) is 5.22. The third-order valence-corrected chi connectivity index (χ3v) is 4.10. The van der Waals surface area contributed by atoms with Crippen molar-refractivity contribution in [1.29, 1.82) is 0 Å². The van der Waals surface area contributed by atoms with Crippen LogP contribution in [0.4, 0.5) is 10.1 Å². The van der Waals surface area contributed by atoms with Crippen molar-refractivity contribution in [3.05, 3.63) is 61.8 Å². The second-order valence-corrected chi connectivity index (χ2v) is 6.20. The fraction of sp³-hybridized carbons (Fsp3) is 0.133. The molecule has 0 aliphatic carbocycles. The Hall–Kier alpha value is -1.20. The van der Waals surface area contributed by atoms with E-state index in [0.29, 0.717) is 5.69 Å². The molecule has 0 bridgehead atoms. The molecule has 0 aromatic heterocycles. The molecule has 0 aliphatic rings. The van der Waals surface area contributed by atoms with E-state index in [0.717, 1.165) is 15.6 Å². The lowest BCUT2D eigenvalue weighted by atomic mass is 10.1. The Morgan fingerprint density at radius 1 is 1.15 bits per heavy atom. The van der Waals surface area contributed by atoms with E-state index in [1.54, 1.807) is 12.1 Å². The molecule has 0 atom stereocenters. The van der Waals surface area contributed by atoms with Crippen LogP contribution >= 0.6 is 31.9 Å². The van der Waals surface area contributed by atoms with Gasteiger partial charge in [0.15, 0.2) is 0 Å². The van der Waals surface area contributed by atoms with Crippen LogP contribution in [0.15, 0.2) is 39.3 Å². The summed E-state index contributed by atoms with van der Waals surface area (Å²) in [6.07, 6.45) is 0. The topological polar surface area (TPSA) is 29.1 Å². The smallest absolute Gasteiger partial charge is 0.258 e. The molecule has 5 heteroatoms. The van der Waals surface area contributed by atoms with Crippen LogP contribution in [0.1, 0.15) is 21.5 Å². The van der Waals surface area contributed by atoms with Gasteiger partial charge in [-0.2, -0.15) is 0 Å². The Kier molecular flexibility index (Phi) is 4.60. The molecule has 2 aromatic rings. The number of halogens is 3. The summed E-state index contributed by atoms with van der Waals surface area (Å²) in [5.41, 5.74) is 2.66. The third-order valence-electron chi connectivity index (χ3n) is 2.87. The van der Waals surface area contributed by atoms with Gasteiger partial charge in [-0.3, -0.25) is 4.79 Å². The van der Waals surface area contributed by atoms with Crippen molar-refractivity contribution in [3.63, 3.8) is 0 Å². The Morgan fingerprint density at radius 2 is 1.85 bits per heavy atom. The van der Waals surface area contributed by atoms with Crippen LogP contribution < -0.4 is 5.32 Å². The summed E-state index contributed by atoms with van der Waals surface area (Å²) in [6, 6.07) is 8.49. The van der Waals surface area contributed by atoms with E-state index in [1.807, 2.05) is 26.0 Å². The molecule has 2 nitrogen and oxygen atoms in total. The second-order valence-electron chi connectivity index (χ2n) is 4.49. The molecule has 0 unspecified atom stereocenters. The van der Waals surface area contributed by atoms with E-state index in [2.05, 4.69) is 37.2 Å². The van der Waals surface area contributed by atoms with Crippen LogP contribution in [-0.4, -0.2) is 5.91 Å². The summed E-state index contributed by atoms with van der Waals surface area (Å²) in [7, 11) is 0. The van der Waals surface area contributed by atoms with Crippen LogP contribution in [0.25, 0.3) is 0 Å². The summed E-state index contributed by atoms with van der Waals surface area (Å²) >= 11 is 6.49. The largest absolute Gasteiger partial charge is 0.321 e. The fourth-order valence-corrected chi connectivity index (χ4v) is 3.07. The summed E-state index contributed by atoms with van der Waals surface area (Å²) < 4.78 is 14.9. The molecule has 0 radical (unpaired) electrons. The standard InChI is InChI=1S/C15H12Br2FNO/c1-8-6-9(2)14(12(17)7-8)19-15(20)10-4-3-5-11(16)13(10)18/h3-7H,1-2H3,(H,19,20). The Balaban J connectivity index is 2.36. The van der Waals surface area contributed by atoms with Crippen LogP contribution in [0.3, 0.4) is 0 Å². The number of carbonyl (C=O) groups excluding carboxylic acids is 1. The molecule has 20 heavy (non-hydrogen) atoms. The first-order chi connectivity index (χ1) is 9.40. The molecule has 2 rings (SSSR count). The van der Waals surface area contributed by atoms with Crippen LogP contribution in [0.5, 0.6) is 0 Å². The number of aryl methyl sites for hydroxylation is 2. The van der Waals surface area contributed by atoms with Crippen molar-refractivity contribution in [2.24, 2.45) is 0 Å². The summed E-state index contributed by atoms with van der Waals surface area (Å²) in [6.45, 7) is 3.86. The molecule has 0 saturated carbocycles. The number of rotatable bonds is 2. The number of nitrogens with one attached hydrogen (secondary N) is 1. The van der Waals surface area contributed by atoms with E-state index >= 15 is 0 Å². The molecule has 1 amide bonds. The zero-order valence-electron chi connectivity index (χ0n) is 10.9. The highest BCUT2D eigenvalue weighted by Gasteiger charge is 2.16. The van der Waals surface area contributed by atoms with E-state index in [1.165, 1.54) is 6.07 Å². The van der Waals surface area contributed by atoms with Gasteiger partial charge in [0.05, 0.1) is 15.7 Å². The number of carbonyl (C=O) groups is 1. The third kappa shape index (κ3) is 3.10. The number of amides is 1. The first kappa shape index (κ1) is 15.2. The van der Waals surface area contributed by atoms with Gasteiger partial charge < -0.3 is 5.32 Å². The molecular weight excluding hydrogens is 389 g/mol. The molecule has 1 N–H and O–H groups in total. The Morgan fingerprint density at radius 3 is 2.50 bits per heavy atom. The number of benzene rings is 2. The SMILES string of the molecule is Cc1cc(C)c(NC(=O)c2cccc(Br)c2F)c(Br)c1. The lowest BCUT2D eigenvalue weighted by molar-refractivity contribution is 0.102. The average molecular weight is 401 g/mol. The van der Waals surface area contributed by atoms with Gasteiger partial charge in [-0.15, -0.1) is 0 Å². The number of hydrogen-bond donors (Lipinski definition) is 1. The maximum Gasteiger partial charge on any atom is 0.258 e. The molecule has 0 saturated heterocycles. The summed E-state index contributed by atoms with van der Waals surface area (Å²) in [5, 5.41) is 2.74. The van der Waals surface area contributed by atoms with E-state index in [4.69, 9.17) is 0 Å². The molecule has 0 aliphatic heterocycles. The quantitative estimate of drug-likeness (QED) is 0.735. The highest BCUT2D eigenvalue weighted by atomic mass is 79.9. The van der Waals surface area contributed by atoms with Crippen LogP contribution in [0.2, 0.25) is 0 Å². The van der Waals surface area contributed by atoms with Gasteiger partial charge in [-0.25, -0.2) is 4.39 Å².